The van der Waals surface area contributed by atoms with E-state index in [0.29, 0.717) is 6.54 Å². The molecule has 0 aliphatic heterocycles. The highest BCUT2D eigenvalue weighted by Gasteiger charge is 2.36. The quantitative estimate of drug-likeness (QED) is 0.670. The zero-order valence-corrected chi connectivity index (χ0v) is 15.5. The average molecular weight is 367 g/mol. The van der Waals surface area contributed by atoms with E-state index in [1.54, 1.807) is 4.90 Å². The minimum atomic E-state index is -4.57. The molecule has 0 bridgehead atoms. The van der Waals surface area contributed by atoms with Crippen LogP contribution in [-0.4, -0.2) is 23.1 Å². The number of aromatic nitrogens is 2. The van der Waals surface area contributed by atoms with Crippen LogP contribution in [0.2, 0.25) is 0 Å². The first-order valence-corrected chi connectivity index (χ1v) is 8.70. The topological polar surface area (TPSA) is 38.2 Å². The number of hydrogen-bond acceptors (Lipinski definition) is 4. The van der Waals surface area contributed by atoms with Crippen molar-refractivity contribution in [3.63, 3.8) is 0 Å². The Morgan fingerprint density at radius 2 is 1.85 bits per heavy atom. The molecule has 0 fully saturated rings. The Morgan fingerprint density at radius 1 is 1.15 bits per heavy atom. The lowest BCUT2D eigenvalue weighted by molar-refractivity contribution is -0.139. The summed E-state index contributed by atoms with van der Waals surface area (Å²) in [7, 11) is 0. The second kappa shape index (κ2) is 8.38. The Kier molecular flexibility index (Phi) is 6.45. The van der Waals surface area contributed by atoms with Gasteiger partial charge in [0.15, 0.2) is 0 Å². The van der Waals surface area contributed by atoms with Crippen molar-refractivity contribution in [2.75, 3.05) is 18.1 Å². The Hall–Kier alpha value is -2.31. The lowest BCUT2D eigenvalue weighted by atomic mass is 10.1. The normalized spacial score (nSPS) is 11.7. The summed E-state index contributed by atoms with van der Waals surface area (Å²) in [4.78, 5) is 9.87. The molecule has 0 saturated heterocycles. The molecule has 0 radical (unpaired) electrons. The average Bonchev–Trinajstić information content (AvgIpc) is 2.60. The number of hydrogen-bond donors (Lipinski definition) is 0. The monoisotopic (exact) mass is 367 g/mol. The molecule has 1 aromatic carbocycles. The molecular formula is C19H24F3N3O. The van der Waals surface area contributed by atoms with Gasteiger partial charge >= 0.3 is 6.18 Å². The van der Waals surface area contributed by atoms with Gasteiger partial charge in [0.1, 0.15) is 5.56 Å². The molecule has 0 saturated carbocycles. The maximum absolute atomic E-state index is 13.3. The highest BCUT2D eigenvalue weighted by molar-refractivity contribution is 5.62. The van der Waals surface area contributed by atoms with Crippen LogP contribution in [0, 0.1) is 5.92 Å². The summed E-state index contributed by atoms with van der Waals surface area (Å²) in [6.45, 7) is 8.33. The first-order valence-electron chi connectivity index (χ1n) is 8.70. The fraction of sp³-hybridized carbons (Fsp3) is 0.474. The fourth-order valence-corrected chi connectivity index (χ4v) is 2.53. The van der Waals surface area contributed by atoms with Gasteiger partial charge in [-0.3, -0.25) is 0 Å². The van der Waals surface area contributed by atoms with Crippen LogP contribution in [0.4, 0.5) is 24.8 Å². The molecule has 0 N–H and O–H groups in total. The molecule has 2 aromatic rings. The van der Waals surface area contributed by atoms with Crippen LogP contribution < -0.4 is 9.64 Å². The third-order valence-corrected chi connectivity index (χ3v) is 3.82. The fourth-order valence-electron chi connectivity index (χ4n) is 2.53. The maximum Gasteiger partial charge on any atom is 0.423 e. The molecule has 0 aliphatic rings. The molecule has 0 amide bonds. The van der Waals surface area contributed by atoms with Crippen molar-refractivity contribution >= 4 is 11.6 Å². The summed E-state index contributed by atoms with van der Waals surface area (Å²) in [5, 5.41) is 0. The summed E-state index contributed by atoms with van der Waals surface area (Å²) in [6.07, 6.45) is -2.97. The van der Waals surface area contributed by atoms with E-state index in [1.807, 2.05) is 52.0 Å². The standard InChI is InChI=1S/C19H24F3N3O/c1-5-14-9-7-8-10-16(14)25(6-2)18-23-11-15(19(20,21)22)17(24-18)26-12-13(3)4/h7-11,13H,5-6,12H2,1-4H3. The molecule has 1 aromatic heterocycles. The van der Waals surface area contributed by atoms with Crippen LogP contribution in [0.1, 0.15) is 38.8 Å². The van der Waals surface area contributed by atoms with Gasteiger partial charge in [-0.1, -0.05) is 39.0 Å². The van der Waals surface area contributed by atoms with E-state index >= 15 is 0 Å². The molecular weight excluding hydrogens is 343 g/mol. The summed E-state index contributed by atoms with van der Waals surface area (Å²) >= 11 is 0. The number of rotatable bonds is 7. The van der Waals surface area contributed by atoms with E-state index in [0.717, 1.165) is 23.9 Å². The highest BCUT2D eigenvalue weighted by Crippen LogP contribution is 2.36. The SMILES string of the molecule is CCc1ccccc1N(CC)c1ncc(C(F)(F)F)c(OCC(C)C)n1. The van der Waals surface area contributed by atoms with Gasteiger partial charge in [-0.05, 0) is 30.9 Å². The number of ether oxygens (including phenoxy) is 1. The predicted octanol–water partition coefficient (Wildman–Crippen LogP) is 5.25. The van der Waals surface area contributed by atoms with Gasteiger partial charge in [0.05, 0.1) is 6.61 Å². The van der Waals surface area contributed by atoms with Crippen LogP contribution in [0.3, 0.4) is 0 Å². The third-order valence-electron chi connectivity index (χ3n) is 3.82. The lowest BCUT2D eigenvalue weighted by Crippen LogP contribution is -2.22. The summed E-state index contributed by atoms with van der Waals surface area (Å²) in [5.41, 5.74) is 0.997. The van der Waals surface area contributed by atoms with Crippen LogP contribution in [0.5, 0.6) is 5.88 Å². The van der Waals surface area contributed by atoms with Gasteiger partial charge in [-0.2, -0.15) is 18.2 Å². The van der Waals surface area contributed by atoms with Crippen molar-refractivity contribution in [3.8, 4) is 5.88 Å². The number of halogens is 3. The van der Waals surface area contributed by atoms with Gasteiger partial charge in [0, 0.05) is 18.4 Å². The largest absolute Gasteiger partial charge is 0.477 e. The van der Waals surface area contributed by atoms with Crippen LogP contribution in [-0.2, 0) is 12.6 Å². The van der Waals surface area contributed by atoms with E-state index in [4.69, 9.17) is 4.74 Å². The van der Waals surface area contributed by atoms with Gasteiger partial charge in [0.2, 0.25) is 11.8 Å². The molecule has 4 nitrogen and oxygen atoms in total. The highest BCUT2D eigenvalue weighted by atomic mass is 19.4. The van der Waals surface area contributed by atoms with Crippen LogP contribution in [0.25, 0.3) is 0 Å². The number of aryl methyl sites for hydroxylation is 1. The number of alkyl halides is 3. The van der Waals surface area contributed by atoms with Crippen molar-refractivity contribution in [2.45, 2.75) is 40.3 Å². The Balaban J connectivity index is 2.49. The minimum absolute atomic E-state index is 0.0811. The van der Waals surface area contributed by atoms with Crippen molar-refractivity contribution in [2.24, 2.45) is 5.92 Å². The molecule has 0 aliphatic carbocycles. The molecule has 0 atom stereocenters. The number of anilines is 2. The third kappa shape index (κ3) is 4.65. The Labute approximate surface area is 152 Å². The smallest absolute Gasteiger partial charge is 0.423 e. The maximum atomic E-state index is 13.3. The van der Waals surface area contributed by atoms with Crippen molar-refractivity contribution in [1.29, 1.82) is 0 Å². The zero-order chi connectivity index (χ0) is 19.3. The molecule has 0 spiro atoms. The van der Waals surface area contributed by atoms with Crippen molar-refractivity contribution in [3.05, 3.63) is 41.6 Å². The molecule has 2 rings (SSSR count). The first-order chi connectivity index (χ1) is 12.3. The molecule has 142 valence electrons. The number of nitrogens with zero attached hydrogens (tertiary/aromatic N) is 3. The molecule has 7 heteroatoms. The van der Waals surface area contributed by atoms with E-state index in [9.17, 15) is 13.2 Å². The predicted molar refractivity (Wildman–Crippen MR) is 95.9 cm³/mol. The molecule has 0 unspecified atom stereocenters. The lowest BCUT2D eigenvalue weighted by Gasteiger charge is -2.24. The van der Waals surface area contributed by atoms with Gasteiger partial charge in [-0.25, -0.2) is 4.98 Å². The number of benzene rings is 1. The van der Waals surface area contributed by atoms with E-state index in [2.05, 4.69) is 9.97 Å². The number of para-hydroxylation sites is 1. The van der Waals surface area contributed by atoms with Gasteiger partial charge in [-0.15, -0.1) is 0 Å². The Morgan fingerprint density at radius 3 is 2.42 bits per heavy atom. The summed E-state index contributed by atoms with van der Waals surface area (Å²) in [5.74, 6) is -0.151. The van der Waals surface area contributed by atoms with Crippen LogP contribution in [0.15, 0.2) is 30.5 Å². The van der Waals surface area contributed by atoms with Crippen molar-refractivity contribution < 1.29 is 17.9 Å². The first kappa shape index (κ1) is 20.0. The van der Waals surface area contributed by atoms with Crippen molar-refractivity contribution in [1.82, 2.24) is 9.97 Å². The zero-order valence-electron chi connectivity index (χ0n) is 15.5. The summed E-state index contributed by atoms with van der Waals surface area (Å²) in [6, 6.07) is 7.72. The second-order valence-corrected chi connectivity index (χ2v) is 6.32. The molecule has 26 heavy (non-hydrogen) atoms. The van der Waals surface area contributed by atoms with Gasteiger partial charge < -0.3 is 9.64 Å². The van der Waals surface area contributed by atoms with E-state index in [-0.39, 0.29) is 18.5 Å². The van der Waals surface area contributed by atoms with E-state index in [1.165, 1.54) is 0 Å². The Bertz CT molecular complexity index is 732. The molecule has 1 heterocycles. The second-order valence-electron chi connectivity index (χ2n) is 6.32. The van der Waals surface area contributed by atoms with E-state index < -0.39 is 17.6 Å². The minimum Gasteiger partial charge on any atom is -0.477 e. The van der Waals surface area contributed by atoms with Gasteiger partial charge in [0.25, 0.3) is 0 Å². The summed E-state index contributed by atoms with van der Waals surface area (Å²) < 4.78 is 45.1. The van der Waals surface area contributed by atoms with Crippen LogP contribution >= 0.6 is 0 Å².